The topological polar surface area (TPSA) is 38.7 Å². The lowest BCUT2D eigenvalue weighted by Gasteiger charge is -2.16. The lowest BCUT2D eigenvalue weighted by Crippen LogP contribution is -2.09. The highest BCUT2D eigenvalue weighted by Crippen LogP contribution is 2.27. The quantitative estimate of drug-likeness (QED) is 0.747. The molecule has 0 aromatic carbocycles. The minimum absolute atomic E-state index is 0.562. The number of aromatic nitrogens is 3. The third-order valence-electron chi connectivity index (χ3n) is 3.09. The highest BCUT2D eigenvalue weighted by Gasteiger charge is 2.17. The zero-order valence-electron chi connectivity index (χ0n) is 9.66. The smallest absolute Gasteiger partial charge is 0.179 e. The first-order valence-corrected chi connectivity index (χ1v) is 6.67. The Hall–Kier alpha value is -1.19. The van der Waals surface area contributed by atoms with E-state index < -0.39 is 0 Å². The number of hydrogen-bond acceptors (Lipinski definition) is 3. The van der Waals surface area contributed by atoms with Crippen LogP contribution in [0.1, 0.15) is 24.1 Å². The molecule has 0 spiro atoms. The Morgan fingerprint density at radius 1 is 1.00 bits per heavy atom. The lowest BCUT2D eigenvalue weighted by atomic mass is 9.97. The molecule has 0 unspecified atom stereocenters. The van der Waals surface area contributed by atoms with Crippen molar-refractivity contribution in [2.24, 2.45) is 0 Å². The summed E-state index contributed by atoms with van der Waals surface area (Å²) < 4.78 is 0. The Kier molecular flexibility index (Phi) is 3.18. The third-order valence-corrected chi connectivity index (χ3v) is 3.63. The molecular weight excluding hydrogens is 269 g/mol. The van der Waals surface area contributed by atoms with E-state index >= 15 is 0 Å². The van der Waals surface area contributed by atoms with Crippen molar-refractivity contribution in [2.45, 2.75) is 25.7 Å². The Balaban J connectivity index is 2.08. The SMILES string of the molecule is Clc1ccc(-c2nc(Cl)c3c(n2)CCCC3)nc1. The zero-order chi connectivity index (χ0) is 12.5. The van der Waals surface area contributed by atoms with Gasteiger partial charge in [0, 0.05) is 17.5 Å². The lowest BCUT2D eigenvalue weighted by molar-refractivity contribution is 0.663. The molecule has 1 aliphatic rings. The molecule has 3 nitrogen and oxygen atoms in total. The van der Waals surface area contributed by atoms with Gasteiger partial charge in [0.1, 0.15) is 10.8 Å². The molecule has 3 rings (SSSR count). The molecule has 5 heteroatoms. The molecule has 0 amide bonds. The summed E-state index contributed by atoms with van der Waals surface area (Å²) in [6, 6.07) is 3.59. The highest BCUT2D eigenvalue weighted by molar-refractivity contribution is 6.30. The van der Waals surface area contributed by atoms with Crippen molar-refractivity contribution < 1.29 is 0 Å². The van der Waals surface area contributed by atoms with Gasteiger partial charge in [0.15, 0.2) is 5.82 Å². The van der Waals surface area contributed by atoms with Crippen molar-refractivity contribution in [2.75, 3.05) is 0 Å². The molecule has 0 radical (unpaired) electrons. The Morgan fingerprint density at radius 3 is 2.61 bits per heavy atom. The molecule has 18 heavy (non-hydrogen) atoms. The van der Waals surface area contributed by atoms with Gasteiger partial charge in [-0.2, -0.15) is 0 Å². The van der Waals surface area contributed by atoms with Crippen LogP contribution in [-0.4, -0.2) is 15.0 Å². The molecule has 2 heterocycles. The van der Waals surface area contributed by atoms with Gasteiger partial charge in [0.2, 0.25) is 0 Å². The van der Waals surface area contributed by atoms with Crippen molar-refractivity contribution in [1.82, 2.24) is 15.0 Å². The van der Waals surface area contributed by atoms with Gasteiger partial charge in [-0.15, -0.1) is 0 Å². The number of rotatable bonds is 1. The van der Waals surface area contributed by atoms with Crippen LogP contribution in [0.25, 0.3) is 11.5 Å². The number of hydrogen-bond donors (Lipinski definition) is 0. The molecule has 0 saturated heterocycles. The van der Waals surface area contributed by atoms with Crippen LogP contribution in [-0.2, 0) is 12.8 Å². The van der Waals surface area contributed by atoms with Gasteiger partial charge in [0.05, 0.1) is 5.02 Å². The second kappa shape index (κ2) is 4.82. The van der Waals surface area contributed by atoms with Crippen molar-refractivity contribution >= 4 is 23.2 Å². The van der Waals surface area contributed by atoms with Crippen LogP contribution in [0.2, 0.25) is 10.2 Å². The fourth-order valence-corrected chi connectivity index (χ4v) is 2.57. The summed E-state index contributed by atoms with van der Waals surface area (Å²) in [4.78, 5) is 13.1. The summed E-state index contributed by atoms with van der Waals surface area (Å²) in [5.74, 6) is 0.581. The highest BCUT2D eigenvalue weighted by atomic mass is 35.5. The number of nitrogens with zero attached hydrogens (tertiary/aromatic N) is 3. The van der Waals surface area contributed by atoms with Crippen molar-refractivity contribution in [3.8, 4) is 11.5 Å². The Labute approximate surface area is 115 Å². The number of aryl methyl sites for hydroxylation is 1. The van der Waals surface area contributed by atoms with Gasteiger partial charge in [-0.25, -0.2) is 9.97 Å². The minimum atomic E-state index is 0.562. The van der Waals surface area contributed by atoms with Gasteiger partial charge >= 0.3 is 0 Å². The first kappa shape index (κ1) is 11.9. The fourth-order valence-electron chi connectivity index (χ4n) is 2.17. The first-order valence-electron chi connectivity index (χ1n) is 5.91. The molecule has 1 aliphatic carbocycles. The van der Waals surface area contributed by atoms with Gasteiger partial charge < -0.3 is 0 Å². The second-order valence-electron chi connectivity index (χ2n) is 4.33. The molecule has 0 saturated carbocycles. The monoisotopic (exact) mass is 279 g/mol. The van der Waals surface area contributed by atoms with E-state index in [1.165, 1.54) is 0 Å². The van der Waals surface area contributed by atoms with Crippen LogP contribution in [0, 0.1) is 0 Å². The van der Waals surface area contributed by atoms with Crippen LogP contribution in [0.15, 0.2) is 18.3 Å². The first-order chi connectivity index (χ1) is 8.74. The summed E-state index contributed by atoms with van der Waals surface area (Å²) in [6.45, 7) is 0. The largest absolute Gasteiger partial charge is 0.251 e. The molecule has 0 bridgehead atoms. The van der Waals surface area contributed by atoms with Crippen molar-refractivity contribution in [1.29, 1.82) is 0 Å². The molecule has 0 aliphatic heterocycles. The molecule has 2 aromatic heterocycles. The van der Waals surface area contributed by atoms with E-state index in [0.29, 0.717) is 21.7 Å². The summed E-state index contributed by atoms with van der Waals surface area (Å²) in [6.07, 6.45) is 5.86. The molecule has 0 N–H and O–H groups in total. The van der Waals surface area contributed by atoms with E-state index in [1.54, 1.807) is 12.3 Å². The van der Waals surface area contributed by atoms with E-state index in [-0.39, 0.29) is 0 Å². The second-order valence-corrected chi connectivity index (χ2v) is 5.13. The van der Waals surface area contributed by atoms with Crippen LogP contribution >= 0.6 is 23.2 Å². The van der Waals surface area contributed by atoms with Gasteiger partial charge in [-0.3, -0.25) is 4.98 Å². The third kappa shape index (κ3) is 2.20. The van der Waals surface area contributed by atoms with Crippen LogP contribution in [0.3, 0.4) is 0 Å². The maximum atomic E-state index is 6.22. The molecular formula is C13H11Cl2N3. The van der Waals surface area contributed by atoms with Crippen LogP contribution < -0.4 is 0 Å². The Bertz CT molecular complexity index is 582. The summed E-state index contributed by atoms with van der Waals surface area (Å²) in [7, 11) is 0. The average Bonchev–Trinajstić information content (AvgIpc) is 2.39. The molecule has 0 atom stereocenters. The number of pyridine rings is 1. The molecule has 2 aromatic rings. The minimum Gasteiger partial charge on any atom is -0.251 e. The number of fused-ring (bicyclic) bond motifs is 1. The molecule has 92 valence electrons. The summed E-state index contributed by atoms with van der Waals surface area (Å²) >= 11 is 12.0. The van der Waals surface area contributed by atoms with E-state index in [9.17, 15) is 0 Å². The van der Waals surface area contributed by atoms with Crippen molar-refractivity contribution in [3.63, 3.8) is 0 Å². The van der Waals surface area contributed by atoms with E-state index in [2.05, 4.69) is 15.0 Å². The number of halogens is 2. The Morgan fingerprint density at radius 2 is 1.83 bits per heavy atom. The van der Waals surface area contributed by atoms with E-state index in [1.807, 2.05) is 6.07 Å². The fraction of sp³-hybridized carbons (Fsp3) is 0.308. The van der Waals surface area contributed by atoms with Gasteiger partial charge in [0.25, 0.3) is 0 Å². The average molecular weight is 280 g/mol. The molecule has 0 fully saturated rings. The van der Waals surface area contributed by atoms with Crippen LogP contribution in [0.5, 0.6) is 0 Å². The predicted octanol–water partition coefficient (Wildman–Crippen LogP) is 3.72. The van der Waals surface area contributed by atoms with Crippen LogP contribution in [0.4, 0.5) is 0 Å². The normalized spacial score (nSPS) is 14.3. The maximum absolute atomic E-state index is 6.22. The maximum Gasteiger partial charge on any atom is 0.179 e. The summed E-state index contributed by atoms with van der Waals surface area (Å²) in [5, 5.41) is 1.16. The van der Waals surface area contributed by atoms with E-state index in [4.69, 9.17) is 23.2 Å². The standard InChI is InChI=1S/C13H11Cl2N3/c14-8-5-6-11(16-7-8)13-17-10-4-2-1-3-9(10)12(15)18-13/h5-7H,1-4H2. The predicted molar refractivity (Wildman–Crippen MR) is 71.9 cm³/mol. The van der Waals surface area contributed by atoms with Gasteiger partial charge in [-0.1, -0.05) is 23.2 Å². The zero-order valence-corrected chi connectivity index (χ0v) is 11.2. The van der Waals surface area contributed by atoms with Crippen molar-refractivity contribution in [3.05, 3.63) is 39.8 Å². The van der Waals surface area contributed by atoms with Gasteiger partial charge in [-0.05, 0) is 37.8 Å². The van der Waals surface area contributed by atoms with E-state index in [0.717, 1.165) is 36.9 Å². The summed E-state index contributed by atoms with van der Waals surface area (Å²) in [5.41, 5.74) is 2.86.